The quantitative estimate of drug-likeness (QED) is 0.578. The van der Waals surface area contributed by atoms with Crippen LogP contribution in [0.5, 0.6) is 0 Å². The van der Waals surface area contributed by atoms with Gasteiger partial charge in [-0.15, -0.1) is 0 Å². The zero-order chi connectivity index (χ0) is 20.1. The van der Waals surface area contributed by atoms with Crippen LogP contribution in [-0.4, -0.2) is 56.3 Å². The summed E-state index contributed by atoms with van der Waals surface area (Å²) in [6, 6.07) is 5.98. The molecule has 0 saturated heterocycles. The zero-order valence-electron chi connectivity index (χ0n) is 17.3. The average molecular weight is 383 g/mol. The molecule has 0 aromatic carbocycles. The molecule has 0 radical (unpaired) electrons. The Morgan fingerprint density at radius 1 is 1.18 bits per heavy atom. The maximum absolute atomic E-state index is 12.5. The largest absolute Gasteiger partial charge is 0.354 e. The number of rotatable bonds is 9. The normalized spacial score (nSPS) is 11.5. The Hall–Kier alpha value is -2.67. The number of nitrogens with zero attached hydrogens (tertiary/aromatic N) is 5. The second-order valence-electron chi connectivity index (χ2n) is 7.08. The number of nitrogens with one attached hydrogen (secondary N) is 1. The lowest BCUT2D eigenvalue weighted by Crippen LogP contribution is -2.32. The van der Waals surface area contributed by atoms with Crippen LogP contribution in [0.25, 0.3) is 16.9 Å². The first-order valence-electron chi connectivity index (χ1n) is 10.0. The Kier molecular flexibility index (Phi) is 6.46. The molecular weight excluding hydrogens is 352 g/mol. The van der Waals surface area contributed by atoms with Gasteiger partial charge in [0.2, 0.25) is 5.91 Å². The number of amides is 1. The van der Waals surface area contributed by atoms with Crippen molar-refractivity contribution in [2.75, 3.05) is 26.2 Å². The number of aryl methyl sites for hydroxylation is 2. The van der Waals surface area contributed by atoms with Gasteiger partial charge in [-0.2, -0.15) is 5.10 Å². The fourth-order valence-corrected chi connectivity index (χ4v) is 3.52. The third kappa shape index (κ3) is 4.42. The highest BCUT2D eigenvalue weighted by Gasteiger charge is 2.17. The molecule has 3 rings (SSSR count). The standard InChI is InChI=1S/C21H30N6O/c1-5-25(6-2)11-9-10-22-18(28)15-27-20-19(16(3)14-17(4)23-20)21(24-27)26-12-7-8-13-26/h7-8,12-14H,5-6,9-11,15H2,1-4H3,(H,22,28). The van der Waals surface area contributed by atoms with E-state index in [2.05, 4.69) is 42.0 Å². The Morgan fingerprint density at radius 3 is 2.57 bits per heavy atom. The highest BCUT2D eigenvalue weighted by atomic mass is 16.2. The summed E-state index contributed by atoms with van der Waals surface area (Å²) < 4.78 is 3.68. The SMILES string of the molecule is CCN(CC)CCCNC(=O)Cn1nc(-n2cccc2)c2c(C)cc(C)nc21. The van der Waals surface area contributed by atoms with Crippen LogP contribution in [0.2, 0.25) is 0 Å². The van der Waals surface area contributed by atoms with Gasteiger partial charge in [-0.25, -0.2) is 9.67 Å². The van der Waals surface area contributed by atoms with Crippen molar-refractivity contribution < 1.29 is 4.79 Å². The average Bonchev–Trinajstić information content (AvgIpc) is 3.30. The van der Waals surface area contributed by atoms with Crippen LogP contribution in [0.1, 0.15) is 31.5 Å². The smallest absolute Gasteiger partial charge is 0.241 e. The summed E-state index contributed by atoms with van der Waals surface area (Å²) >= 11 is 0. The Morgan fingerprint density at radius 2 is 1.89 bits per heavy atom. The molecule has 7 heteroatoms. The number of carbonyl (C=O) groups excluding carboxylic acids is 1. The van der Waals surface area contributed by atoms with Crippen LogP contribution in [-0.2, 0) is 11.3 Å². The second kappa shape index (κ2) is 9.01. The lowest BCUT2D eigenvalue weighted by molar-refractivity contribution is -0.121. The predicted molar refractivity (Wildman–Crippen MR) is 112 cm³/mol. The third-order valence-corrected chi connectivity index (χ3v) is 5.02. The van der Waals surface area contributed by atoms with Crippen LogP contribution < -0.4 is 5.32 Å². The van der Waals surface area contributed by atoms with Crippen LogP contribution in [0.4, 0.5) is 0 Å². The van der Waals surface area contributed by atoms with Crippen LogP contribution in [0.3, 0.4) is 0 Å². The third-order valence-electron chi connectivity index (χ3n) is 5.02. The number of carbonyl (C=O) groups is 1. The van der Waals surface area contributed by atoms with Gasteiger partial charge in [-0.3, -0.25) is 4.79 Å². The summed E-state index contributed by atoms with van der Waals surface area (Å²) in [5.41, 5.74) is 2.78. The first-order chi connectivity index (χ1) is 13.5. The first-order valence-corrected chi connectivity index (χ1v) is 10.0. The Balaban J connectivity index is 1.75. The van der Waals surface area contributed by atoms with Gasteiger partial charge >= 0.3 is 0 Å². The van der Waals surface area contributed by atoms with Gasteiger partial charge in [-0.1, -0.05) is 13.8 Å². The number of hydrogen-bond acceptors (Lipinski definition) is 4. The van der Waals surface area contributed by atoms with E-state index < -0.39 is 0 Å². The molecule has 0 spiro atoms. The van der Waals surface area contributed by atoms with E-state index in [0.717, 1.165) is 54.2 Å². The topological polar surface area (TPSA) is 68.0 Å². The molecule has 1 amide bonds. The van der Waals surface area contributed by atoms with Crippen molar-refractivity contribution in [3.05, 3.63) is 41.9 Å². The molecule has 0 bridgehead atoms. The van der Waals surface area contributed by atoms with Gasteiger partial charge < -0.3 is 14.8 Å². The van der Waals surface area contributed by atoms with Gasteiger partial charge in [-0.05, 0) is 63.7 Å². The van der Waals surface area contributed by atoms with Crippen molar-refractivity contribution in [1.82, 2.24) is 29.5 Å². The number of hydrogen-bond donors (Lipinski definition) is 1. The van der Waals surface area contributed by atoms with E-state index in [1.165, 1.54) is 0 Å². The molecule has 1 N–H and O–H groups in total. The maximum Gasteiger partial charge on any atom is 0.241 e. The molecule has 3 aromatic rings. The molecule has 28 heavy (non-hydrogen) atoms. The van der Waals surface area contributed by atoms with Gasteiger partial charge in [0.15, 0.2) is 11.5 Å². The van der Waals surface area contributed by atoms with Crippen molar-refractivity contribution >= 4 is 16.9 Å². The van der Waals surface area contributed by atoms with E-state index in [1.807, 2.05) is 36.0 Å². The summed E-state index contributed by atoms with van der Waals surface area (Å²) in [5, 5.41) is 8.70. The zero-order valence-corrected chi connectivity index (χ0v) is 17.3. The fraction of sp³-hybridized carbons (Fsp3) is 0.476. The van der Waals surface area contributed by atoms with Gasteiger partial charge in [0, 0.05) is 24.6 Å². The highest BCUT2D eigenvalue weighted by Crippen LogP contribution is 2.25. The maximum atomic E-state index is 12.5. The van der Waals surface area contributed by atoms with Crippen molar-refractivity contribution in [2.45, 2.75) is 40.7 Å². The summed E-state index contributed by atoms with van der Waals surface area (Å²) in [6.07, 6.45) is 4.86. The summed E-state index contributed by atoms with van der Waals surface area (Å²) in [6.45, 7) is 12.2. The predicted octanol–water partition coefficient (Wildman–Crippen LogP) is 2.69. The van der Waals surface area contributed by atoms with Gasteiger partial charge in [0.05, 0.1) is 5.39 Å². The summed E-state index contributed by atoms with van der Waals surface area (Å²) in [7, 11) is 0. The summed E-state index contributed by atoms with van der Waals surface area (Å²) in [4.78, 5) is 19.5. The minimum Gasteiger partial charge on any atom is -0.354 e. The van der Waals surface area contributed by atoms with Crippen molar-refractivity contribution in [3.63, 3.8) is 0 Å². The molecule has 0 aliphatic rings. The number of aromatic nitrogens is 4. The highest BCUT2D eigenvalue weighted by molar-refractivity contribution is 5.88. The molecule has 0 atom stereocenters. The van der Waals surface area contributed by atoms with Crippen LogP contribution in [0.15, 0.2) is 30.6 Å². The minimum absolute atomic E-state index is 0.0380. The molecule has 150 valence electrons. The molecule has 3 heterocycles. The van der Waals surface area contributed by atoms with E-state index in [9.17, 15) is 4.79 Å². The minimum atomic E-state index is -0.0380. The molecule has 0 saturated carbocycles. The second-order valence-corrected chi connectivity index (χ2v) is 7.08. The monoisotopic (exact) mass is 382 g/mol. The lowest BCUT2D eigenvalue weighted by Gasteiger charge is -2.17. The van der Waals surface area contributed by atoms with Gasteiger partial charge in [0.25, 0.3) is 0 Å². The van der Waals surface area contributed by atoms with E-state index in [-0.39, 0.29) is 12.5 Å². The molecular formula is C21H30N6O. The first kappa shape index (κ1) is 20.1. The molecule has 0 aliphatic carbocycles. The van der Waals surface area contributed by atoms with E-state index >= 15 is 0 Å². The van der Waals surface area contributed by atoms with Crippen molar-refractivity contribution in [2.24, 2.45) is 0 Å². The van der Waals surface area contributed by atoms with Crippen LogP contribution >= 0.6 is 0 Å². The molecule has 3 aromatic heterocycles. The number of fused-ring (bicyclic) bond motifs is 1. The van der Waals surface area contributed by atoms with Crippen molar-refractivity contribution in [1.29, 1.82) is 0 Å². The summed E-state index contributed by atoms with van der Waals surface area (Å²) in [5.74, 6) is 0.767. The Labute approximate surface area is 166 Å². The molecule has 7 nitrogen and oxygen atoms in total. The van der Waals surface area contributed by atoms with Crippen LogP contribution in [0, 0.1) is 13.8 Å². The molecule has 0 fully saturated rings. The van der Waals surface area contributed by atoms with Gasteiger partial charge in [0.1, 0.15) is 6.54 Å². The van der Waals surface area contributed by atoms with E-state index in [0.29, 0.717) is 6.54 Å². The number of pyridine rings is 1. The molecule has 0 aliphatic heterocycles. The fourth-order valence-electron chi connectivity index (χ4n) is 3.52. The van der Waals surface area contributed by atoms with E-state index in [1.54, 1.807) is 4.68 Å². The lowest BCUT2D eigenvalue weighted by atomic mass is 10.2. The Bertz CT molecular complexity index is 924. The van der Waals surface area contributed by atoms with E-state index in [4.69, 9.17) is 5.10 Å². The molecule has 0 unspecified atom stereocenters. The van der Waals surface area contributed by atoms with Crippen molar-refractivity contribution in [3.8, 4) is 5.82 Å².